The van der Waals surface area contributed by atoms with Gasteiger partial charge in [-0.05, 0) is 51.4 Å². The Morgan fingerprint density at radius 2 is 0.909 bits per heavy atom. The molecule has 8 N–H and O–H groups in total. The molecular formula is C55H105NO10. The third-order valence-corrected chi connectivity index (χ3v) is 13.5. The van der Waals surface area contributed by atoms with Gasteiger partial charge in [0.05, 0.1) is 25.4 Å². The van der Waals surface area contributed by atoms with E-state index in [-0.39, 0.29) is 12.8 Å². The third kappa shape index (κ3) is 33.2. The number of aliphatic hydroxyl groups is 7. The molecule has 1 aliphatic heterocycles. The van der Waals surface area contributed by atoms with Crippen molar-refractivity contribution >= 4 is 5.91 Å². The smallest absolute Gasteiger partial charge is 0.249 e. The molecule has 0 bridgehead atoms. The number of unbranched alkanes of at least 4 members (excludes halogenated alkanes) is 31. The van der Waals surface area contributed by atoms with Gasteiger partial charge < -0.3 is 50.5 Å². The molecule has 11 heteroatoms. The van der Waals surface area contributed by atoms with Crippen LogP contribution in [0.15, 0.2) is 24.3 Å². The Labute approximate surface area is 404 Å². The maximum atomic E-state index is 13.1. The number of hydrogen-bond acceptors (Lipinski definition) is 10. The molecule has 0 aromatic carbocycles. The number of amides is 1. The Morgan fingerprint density at radius 1 is 0.515 bits per heavy atom. The summed E-state index contributed by atoms with van der Waals surface area (Å²) < 4.78 is 11.1. The van der Waals surface area contributed by atoms with Gasteiger partial charge in [-0.15, -0.1) is 0 Å². The average molecular weight is 940 g/mol. The van der Waals surface area contributed by atoms with Gasteiger partial charge in [-0.25, -0.2) is 0 Å². The van der Waals surface area contributed by atoms with Crippen molar-refractivity contribution in [3.05, 3.63) is 24.3 Å². The Hall–Kier alpha value is -1.41. The molecule has 9 unspecified atom stereocenters. The monoisotopic (exact) mass is 940 g/mol. The molecule has 0 radical (unpaired) electrons. The molecule has 1 aliphatic rings. The van der Waals surface area contributed by atoms with Gasteiger partial charge >= 0.3 is 0 Å². The second-order valence-electron chi connectivity index (χ2n) is 19.6. The fourth-order valence-electron chi connectivity index (χ4n) is 8.93. The first-order chi connectivity index (χ1) is 32.2. The topological polar surface area (TPSA) is 189 Å². The molecule has 1 fully saturated rings. The highest BCUT2D eigenvalue weighted by Crippen LogP contribution is 2.23. The summed E-state index contributed by atoms with van der Waals surface area (Å²) in [6.45, 7) is 3.45. The van der Waals surface area contributed by atoms with Gasteiger partial charge in [0.25, 0.3) is 0 Å². The summed E-state index contributed by atoms with van der Waals surface area (Å²) in [5, 5.41) is 75.9. The number of allylic oxidation sites excluding steroid dienone is 4. The van der Waals surface area contributed by atoms with Crippen LogP contribution in [0, 0.1) is 0 Å². The van der Waals surface area contributed by atoms with Crippen LogP contribution in [0.2, 0.25) is 0 Å². The predicted molar refractivity (Wildman–Crippen MR) is 270 cm³/mol. The fraction of sp³-hybridized carbons (Fsp3) is 0.909. The zero-order valence-corrected chi connectivity index (χ0v) is 42.4. The molecule has 0 aromatic heterocycles. The number of rotatable bonds is 47. The van der Waals surface area contributed by atoms with E-state index in [2.05, 4.69) is 43.5 Å². The minimum absolute atomic E-state index is 0.249. The zero-order valence-electron chi connectivity index (χ0n) is 42.4. The molecule has 1 heterocycles. The summed E-state index contributed by atoms with van der Waals surface area (Å²) in [5.41, 5.74) is 0. The zero-order chi connectivity index (χ0) is 48.3. The van der Waals surface area contributed by atoms with Crippen LogP contribution in [-0.2, 0) is 14.3 Å². The molecule has 66 heavy (non-hydrogen) atoms. The molecular weight excluding hydrogens is 835 g/mol. The summed E-state index contributed by atoms with van der Waals surface area (Å²) in [4.78, 5) is 13.1. The van der Waals surface area contributed by atoms with Gasteiger partial charge in [0.1, 0.15) is 36.6 Å². The molecule has 9 atom stereocenters. The highest BCUT2D eigenvalue weighted by Gasteiger charge is 2.44. The molecule has 390 valence electrons. The van der Waals surface area contributed by atoms with Gasteiger partial charge in [-0.2, -0.15) is 0 Å². The number of hydrogen-bond donors (Lipinski definition) is 8. The summed E-state index contributed by atoms with van der Waals surface area (Å²) in [6, 6.07) is -1.19. The lowest BCUT2D eigenvalue weighted by molar-refractivity contribution is -0.303. The van der Waals surface area contributed by atoms with E-state index in [4.69, 9.17) is 9.47 Å². The van der Waals surface area contributed by atoms with E-state index in [0.29, 0.717) is 19.3 Å². The molecule has 0 aromatic rings. The standard InChI is InChI=1S/C55H105NO10/c1-3-5-7-9-11-13-15-17-19-20-21-22-23-24-25-26-27-28-29-31-32-34-36-38-40-42-47(58)50(60)46(45-65-55-53(63)52(62)51(61)49(44-57)66-55)56-54(64)48(59)43-41-39-37-35-33-30-18-16-14-12-10-8-6-4-2/h28-29,34,36,46-53,55,57-63H,3-27,30-33,35,37-45H2,1-2H3,(H,56,64)/b29-28+,36-34+. The number of ether oxygens (including phenoxy) is 2. The Bertz CT molecular complexity index is 1120. The third-order valence-electron chi connectivity index (χ3n) is 13.5. The molecule has 0 aliphatic carbocycles. The van der Waals surface area contributed by atoms with Crippen molar-refractivity contribution in [3.63, 3.8) is 0 Å². The van der Waals surface area contributed by atoms with Crippen molar-refractivity contribution in [2.75, 3.05) is 13.2 Å². The first kappa shape index (κ1) is 62.6. The Balaban J connectivity index is 2.35. The SMILES string of the molecule is CCCCCCCCCCCCCCCCCC/C=C/CC/C=C/CCCC(O)C(O)C(COC1OC(CO)C(O)C(O)C1O)NC(=O)C(O)CCCCCCCCCCCCCCCC. The van der Waals surface area contributed by atoms with Crippen LogP contribution in [0.1, 0.15) is 251 Å². The van der Waals surface area contributed by atoms with E-state index in [1.807, 2.05) is 0 Å². The van der Waals surface area contributed by atoms with Crippen LogP contribution in [0.4, 0.5) is 0 Å². The van der Waals surface area contributed by atoms with Gasteiger partial charge in [-0.1, -0.05) is 224 Å². The number of nitrogens with one attached hydrogen (secondary N) is 1. The molecule has 0 saturated carbocycles. The predicted octanol–water partition coefficient (Wildman–Crippen LogP) is 11.0. The first-order valence-electron chi connectivity index (χ1n) is 27.7. The second kappa shape index (κ2) is 44.8. The van der Waals surface area contributed by atoms with Crippen LogP contribution in [-0.4, -0.2) is 110 Å². The Morgan fingerprint density at radius 3 is 1.35 bits per heavy atom. The molecule has 1 saturated heterocycles. The fourth-order valence-corrected chi connectivity index (χ4v) is 8.93. The molecule has 11 nitrogen and oxygen atoms in total. The van der Waals surface area contributed by atoms with Crippen molar-refractivity contribution in [2.45, 2.75) is 306 Å². The average Bonchev–Trinajstić information content (AvgIpc) is 3.32. The lowest BCUT2D eigenvalue weighted by Gasteiger charge is -2.40. The van der Waals surface area contributed by atoms with Crippen LogP contribution < -0.4 is 5.32 Å². The second-order valence-corrected chi connectivity index (χ2v) is 19.6. The van der Waals surface area contributed by atoms with E-state index in [0.717, 1.165) is 38.5 Å². The van der Waals surface area contributed by atoms with Crippen molar-refractivity contribution in [1.29, 1.82) is 0 Å². The lowest BCUT2D eigenvalue weighted by Crippen LogP contribution is -2.60. The van der Waals surface area contributed by atoms with Gasteiger partial charge in [0.15, 0.2) is 6.29 Å². The van der Waals surface area contributed by atoms with Gasteiger partial charge in [0, 0.05) is 0 Å². The Kier molecular flexibility index (Phi) is 42.5. The van der Waals surface area contributed by atoms with E-state index in [1.165, 1.54) is 167 Å². The highest BCUT2D eigenvalue weighted by atomic mass is 16.7. The van der Waals surface area contributed by atoms with Crippen molar-refractivity contribution in [1.82, 2.24) is 5.32 Å². The maximum Gasteiger partial charge on any atom is 0.249 e. The molecule has 0 spiro atoms. The summed E-state index contributed by atoms with van der Waals surface area (Å²) in [5.74, 6) is -0.708. The van der Waals surface area contributed by atoms with Crippen LogP contribution >= 0.6 is 0 Å². The number of carbonyl (C=O) groups excluding carboxylic acids is 1. The lowest BCUT2D eigenvalue weighted by atomic mass is 9.98. The number of aliphatic hydroxyl groups excluding tert-OH is 7. The first-order valence-corrected chi connectivity index (χ1v) is 27.7. The largest absolute Gasteiger partial charge is 0.394 e. The van der Waals surface area contributed by atoms with Crippen LogP contribution in [0.3, 0.4) is 0 Å². The van der Waals surface area contributed by atoms with E-state index >= 15 is 0 Å². The summed E-state index contributed by atoms with van der Waals surface area (Å²) in [7, 11) is 0. The van der Waals surface area contributed by atoms with Crippen molar-refractivity contribution < 1.29 is 50.0 Å². The highest BCUT2D eigenvalue weighted by molar-refractivity contribution is 5.80. The van der Waals surface area contributed by atoms with Crippen LogP contribution in [0.5, 0.6) is 0 Å². The summed E-state index contributed by atoms with van der Waals surface area (Å²) in [6.07, 6.45) is 41.0. The van der Waals surface area contributed by atoms with E-state index in [1.54, 1.807) is 0 Å². The van der Waals surface area contributed by atoms with Crippen LogP contribution in [0.25, 0.3) is 0 Å². The number of carbonyl (C=O) groups is 1. The summed E-state index contributed by atoms with van der Waals surface area (Å²) >= 11 is 0. The van der Waals surface area contributed by atoms with Crippen molar-refractivity contribution in [2.24, 2.45) is 0 Å². The van der Waals surface area contributed by atoms with E-state index in [9.17, 15) is 40.5 Å². The molecule has 1 rings (SSSR count). The quantitative estimate of drug-likeness (QED) is 0.0215. The normalized spacial score (nSPS) is 20.9. The van der Waals surface area contributed by atoms with Gasteiger partial charge in [0.2, 0.25) is 5.91 Å². The minimum Gasteiger partial charge on any atom is -0.394 e. The molecule has 1 amide bonds. The minimum atomic E-state index is -1.67. The maximum absolute atomic E-state index is 13.1. The van der Waals surface area contributed by atoms with E-state index < -0.39 is 74.2 Å². The van der Waals surface area contributed by atoms with Crippen molar-refractivity contribution in [3.8, 4) is 0 Å². The van der Waals surface area contributed by atoms with Gasteiger partial charge in [-0.3, -0.25) is 4.79 Å².